The molecular formula is C18H18O4S. The monoisotopic (exact) mass is 330 g/mol. The van der Waals surface area contributed by atoms with Gasteiger partial charge in [-0.2, -0.15) is 0 Å². The molecule has 0 amide bonds. The van der Waals surface area contributed by atoms with Crippen molar-refractivity contribution in [2.24, 2.45) is 0 Å². The Morgan fingerprint density at radius 2 is 1.91 bits per heavy atom. The summed E-state index contributed by atoms with van der Waals surface area (Å²) in [4.78, 5) is 13.0. The van der Waals surface area contributed by atoms with Gasteiger partial charge in [-0.1, -0.05) is 0 Å². The van der Waals surface area contributed by atoms with Gasteiger partial charge in [0.25, 0.3) is 0 Å². The van der Waals surface area contributed by atoms with Crippen molar-refractivity contribution in [2.75, 3.05) is 26.1 Å². The zero-order valence-corrected chi connectivity index (χ0v) is 13.7. The molecule has 0 bridgehead atoms. The van der Waals surface area contributed by atoms with Gasteiger partial charge in [-0.05, 0) is 42.5 Å². The fourth-order valence-corrected chi connectivity index (χ4v) is 3.05. The van der Waals surface area contributed by atoms with Crippen LogP contribution in [-0.4, -0.2) is 31.9 Å². The van der Waals surface area contributed by atoms with E-state index in [1.165, 1.54) is 4.90 Å². The molecule has 0 saturated heterocycles. The van der Waals surface area contributed by atoms with Crippen LogP contribution >= 0.6 is 11.8 Å². The van der Waals surface area contributed by atoms with Crippen molar-refractivity contribution < 1.29 is 19.0 Å². The second-order valence-electron chi connectivity index (χ2n) is 5.05. The number of ether oxygens (including phenoxy) is 3. The molecule has 0 spiro atoms. The molecule has 5 heteroatoms. The largest absolute Gasteiger partial charge is 0.497 e. The first-order valence-corrected chi connectivity index (χ1v) is 8.44. The van der Waals surface area contributed by atoms with E-state index in [0.29, 0.717) is 36.7 Å². The normalized spacial score (nSPS) is 13.2. The van der Waals surface area contributed by atoms with Crippen molar-refractivity contribution >= 4 is 17.5 Å². The van der Waals surface area contributed by atoms with Crippen LogP contribution in [0.1, 0.15) is 16.8 Å². The molecule has 3 rings (SSSR count). The lowest BCUT2D eigenvalue weighted by Crippen LogP contribution is -2.15. The molecule has 2 aromatic rings. The lowest BCUT2D eigenvalue weighted by atomic mass is 10.1. The third kappa shape index (κ3) is 3.99. The Balaban J connectivity index is 1.50. The predicted molar refractivity (Wildman–Crippen MR) is 90.1 cm³/mol. The second kappa shape index (κ2) is 7.42. The number of fused-ring (bicyclic) bond motifs is 1. The van der Waals surface area contributed by atoms with Gasteiger partial charge in [-0.25, -0.2) is 0 Å². The first kappa shape index (κ1) is 15.7. The maximum atomic E-state index is 11.9. The van der Waals surface area contributed by atoms with Gasteiger partial charge in [0, 0.05) is 17.1 Å². The summed E-state index contributed by atoms with van der Waals surface area (Å²) in [5.41, 5.74) is 0.622. The van der Waals surface area contributed by atoms with Gasteiger partial charge >= 0.3 is 0 Å². The van der Waals surface area contributed by atoms with E-state index < -0.39 is 0 Å². The van der Waals surface area contributed by atoms with Crippen molar-refractivity contribution in [3.63, 3.8) is 0 Å². The summed E-state index contributed by atoms with van der Waals surface area (Å²) in [5.74, 6) is 3.16. The lowest BCUT2D eigenvalue weighted by Gasteiger charge is -2.17. The van der Waals surface area contributed by atoms with Gasteiger partial charge in [0.2, 0.25) is 0 Å². The van der Waals surface area contributed by atoms with Crippen molar-refractivity contribution in [1.82, 2.24) is 0 Å². The topological polar surface area (TPSA) is 44.8 Å². The summed E-state index contributed by atoms with van der Waals surface area (Å²) < 4.78 is 16.3. The van der Waals surface area contributed by atoms with Gasteiger partial charge in [0.1, 0.15) is 17.2 Å². The number of ketones is 1. The smallest absolute Gasteiger partial charge is 0.170 e. The zero-order valence-electron chi connectivity index (χ0n) is 12.9. The van der Waals surface area contributed by atoms with E-state index in [4.69, 9.17) is 14.2 Å². The summed E-state index contributed by atoms with van der Waals surface area (Å²) in [7, 11) is 1.66. The highest BCUT2D eigenvalue weighted by molar-refractivity contribution is 7.99. The number of methoxy groups -OCH3 is 1. The van der Waals surface area contributed by atoms with Crippen LogP contribution in [0, 0.1) is 0 Å². The van der Waals surface area contributed by atoms with E-state index in [0.717, 1.165) is 11.5 Å². The Morgan fingerprint density at radius 1 is 1.13 bits per heavy atom. The number of carbonyl (C=O) groups is 1. The number of carbonyl (C=O) groups excluding carboxylic acids is 1. The molecule has 0 radical (unpaired) electrons. The fourth-order valence-electron chi connectivity index (χ4n) is 2.32. The molecule has 2 aromatic carbocycles. The van der Waals surface area contributed by atoms with Crippen LogP contribution in [0.2, 0.25) is 0 Å². The summed E-state index contributed by atoms with van der Waals surface area (Å²) in [6.07, 6.45) is 0.434. The maximum absolute atomic E-state index is 11.9. The highest BCUT2D eigenvalue weighted by Crippen LogP contribution is 2.29. The van der Waals surface area contributed by atoms with Crippen molar-refractivity contribution in [3.05, 3.63) is 48.0 Å². The van der Waals surface area contributed by atoms with Crippen LogP contribution in [0.25, 0.3) is 0 Å². The van der Waals surface area contributed by atoms with Gasteiger partial charge in [0.05, 0.1) is 25.9 Å². The Morgan fingerprint density at radius 3 is 2.70 bits per heavy atom. The molecule has 1 heterocycles. The average molecular weight is 330 g/mol. The van der Waals surface area contributed by atoms with E-state index in [1.54, 1.807) is 31.0 Å². The standard InChI is InChI=1S/C18H18O4S/c1-20-13-2-5-15(6-3-13)23-11-10-21-14-4-7-18-16(12-14)17(19)8-9-22-18/h2-7,12H,8-11H2,1H3. The SMILES string of the molecule is COc1ccc(SCCOc2ccc3c(c2)C(=O)CCO3)cc1. The fraction of sp³-hybridized carbons (Fsp3) is 0.278. The summed E-state index contributed by atoms with van der Waals surface area (Å²) in [5, 5.41) is 0. The van der Waals surface area contributed by atoms with Gasteiger partial charge in [-0.3, -0.25) is 4.79 Å². The van der Waals surface area contributed by atoms with E-state index in [2.05, 4.69) is 0 Å². The van der Waals surface area contributed by atoms with Gasteiger partial charge in [-0.15, -0.1) is 11.8 Å². The molecule has 4 nitrogen and oxygen atoms in total. The van der Waals surface area contributed by atoms with Crippen LogP contribution < -0.4 is 14.2 Å². The molecule has 1 aliphatic heterocycles. The highest BCUT2D eigenvalue weighted by atomic mass is 32.2. The highest BCUT2D eigenvalue weighted by Gasteiger charge is 2.18. The first-order valence-electron chi connectivity index (χ1n) is 7.46. The summed E-state index contributed by atoms with van der Waals surface area (Å²) >= 11 is 1.72. The Bertz CT molecular complexity index is 682. The minimum Gasteiger partial charge on any atom is -0.497 e. The minimum atomic E-state index is 0.115. The molecule has 0 aliphatic carbocycles. The van der Waals surface area contributed by atoms with Crippen LogP contribution in [-0.2, 0) is 0 Å². The molecule has 23 heavy (non-hydrogen) atoms. The molecule has 0 fully saturated rings. The molecular weight excluding hydrogens is 312 g/mol. The number of hydrogen-bond acceptors (Lipinski definition) is 5. The van der Waals surface area contributed by atoms with E-state index in [1.807, 2.05) is 30.3 Å². The van der Waals surface area contributed by atoms with Crippen molar-refractivity contribution in [2.45, 2.75) is 11.3 Å². The Kier molecular flexibility index (Phi) is 5.08. The predicted octanol–water partition coefficient (Wildman–Crippen LogP) is 3.83. The van der Waals surface area contributed by atoms with Crippen LogP contribution in [0.15, 0.2) is 47.4 Å². The molecule has 1 aliphatic rings. The number of hydrogen-bond donors (Lipinski definition) is 0. The second-order valence-corrected chi connectivity index (χ2v) is 6.22. The number of thioether (sulfide) groups is 1. The van der Waals surface area contributed by atoms with E-state index >= 15 is 0 Å². The third-order valence-electron chi connectivity index (χ3n) is 3.52. The Labute approximate surface area is 139 Å². The van der Waals surface area contributed by atoms with Crippen molar-refractivity contribution in [1.29, 1.82) is 0 Å². The van der Waals surface area contributed by atoms with Crippen LogP contribution in [0.4, 0.5) is 0 Å². The first-order chi connectivity index (χ1) is 11.3. The summed E-state index contributed by atoms with van der Waals surface area (Å²) in [6, 6.07) is 13.4. The molecule has 120 valence electrons. The van der Waals surface area contributed by atoms with E-state index in [-0.39, 0.29) is 5.78 Å². The minimum absolute atomic E-state index is 0.115. The number of benzene rings is 2. The molecule has 0 atom stereocenters. The average Bonchev–Trinajstić information content (AvgIpc) is 2.60. The van der Waals surface area contributed by atoms with Gasteiger partial charge < -0.3 is 14.2 Å². The third-order valence-corrected chi connectivity index (χ3v) is 4.49. The lowest BCUT2D eigenvalue weighted by molar-refractivity contribution is 0.0933. The van der Waals surface area contributed by atoms with Crippen LogP contribution in [0.3, 0.4) is 0 Å². The molecule has 0 saturated carbocycles. The van der Waals surface area contributed by atoms with E-state index in [9.17, 15) is 4.79 Å². The zero-order chi connectivity index (χ0) is 16.1. The van der Waals surface area contributed by atoms with Gasteiger partial charge in [0.15, 0.2) is 5.78 Å². The number of Topliss-reactive ketones (excluding diaryl/α,β-unsaturated/α-hetero) is 1. The number of rotatable bonds is 6. The van der Waals surface area contributed by atoms with Crippen molar-refractivity contribution in [3.8, 4) is 17.2 Å². The molecule has 0 unspecified atom stereocenters. The summed E-state index contributed by atoms with van der Waals surface area (Å²) in [6.45, 7) is 1.04. The molecule has 0 aromatic heterocycles. The van der Waals surface area contributed by atoms with Crippen LogP contribution in [0.5, 0.6) is 17.2 Å². The quantitative estimate of drug-likeness (QED) is 0.595. The maximum Gasteiger partial charge on any atom is 0.170 e. The Hall–Kier alpha value is -2.14. The molecule has 0 N–H and O–H groups in total.